The fraction of sp³-hybridized carbons (Fsp3) is 0.286. The molecule has 0 saturated heterocycles. The quantitative estimate of drug-likeness (QED) is 0.662. The van der Waals surface area contributed by atoms with Crippen LogP contribution in [0.15, 0.2) is 48.5 Å². The van der Waals surface area contributed by atoms with Gasteiger partial charge >= 0.3 is 5.97 Å². The van der Waals surface area contributed by atoms with E-state index in [9.17, 15) is 19.5 Å². The predicted octanol–water partition coefficient (Wildman–Crippen LogP) is 1.77. The van der Waals surface area contributed by atoms with Crippen LogP contribution in [0.2, 0.25) is 0 Å². The Morgan fingerprint density at radius 3 is 1.70 bits per heavy atom. The van der Waals surface area contributed by atoms with Crippen molar-refractivity contribution in [2.24, 2.45) is 0 Å². The van der Waals surface area contributed by atoms with Crippen LogP contribution in [0.5, 0.6) is 0 Å². The van der Waals surface area contributed by atoms with Crippen LogP contribution in [0.4, 0.5) is 0 Å². The molecule has 3 N–H and O–H groups in total. The summed E-state index contributed by atoms with van der Waals surface area (Å²) in [7, 11) is 0. The van der Waals surface area contributed by atoms with E-state index in [4.69, 9.17) is 0 Å². The molecule has 2 aromatic carbocycles. The minimum Gasteiger partial charge on any atom is -0.480 e. The van der Waals surface area contributed by atoms with Gasteiger partial charge in [0, 0.05) is 6.54 Å². The summed E-state index contributed by atoms with van der Waals surface area (Å²) in [5.41, 5.74) is 3.82. The molecule has 6 heteroatoms. The molecule has 2 aromatic rings. The van der Waals surface area contributed by atoms with Crippen molar-refractivity contribution in [1.29, 1.82) is 0 Å². The molecule has 0 unspecified atom stereocenters. The Kier molecular flexibility index (Phi) is 7.11. The Morgan fingerprint density at radius 1 is 0.815 bits per heavy atom. The number of hydrogen-bond donors (Lipinski definition) is 3. The average molecular weight is 368 g/mol. The molecule has 2 amide bonds. The van der Waals surface area contributed by atoms with Crippen LogP contribution < -0.4 is 10.6 Å². The molecule has 1 atom stereocenters. The van der Waals surface area contributed by atoms with Crippen molar-refractivity contribution in [2.75, 3.05) is 6.54 Å². The van der Waals surface area contributed by atoms with Gasteiger partial charge in [-0.15, -0.1) is 0 Å². The number of carboxylic acid groups (broad SMARTS) is 1. The summed E-state index contributed by atoms with van der Waals surface area (Å²) in [6.07, 6.45) is 0.241. The number of hydrogen-bond acceptors (Lipinski definition) is 3. The van der Waals surface area contributed by atoms with E-state index >= 15 is 0 Å². The van der Waals surface area contributed by atoms with E-state index in [1.165, 1.54) is 0 Å². The Balaban J connectivity index is 1.84. The van der Waals surface area contributed by atoms with Gasteiger partial charge in [0.25, 0.3) is 0 Å². The molecule has 0 fully saturated rings. The van der Waals surface area contributed by atoms with E-state index in [0.29, 0.717) is 0 Å². The molecule has 0 aliphatic rings. The fourth-order valence-corrected chi connectivity index (χ4v) is 2.51. The first-order valence-corrected chi connectivity index (χ1v) is 8.73. The first-order valence-electron chi connectivity index (χ1n) is 8.73. The maximum Gasteiger partial charge on any atom is 0.328 e. The summed E-state index contributed by atoms with van der Waals surface area (Å²) in [4.78, 5) is 35.5. The SMILES string of the molecule is Cc1ccc(CC(=O)NC[C@H](NC(=O)Cc2ccc(C)cc2)C(=O)O)cc1. The van der Waals surface area contributed by atoms with Gasteiger partial charge in [-0.3, -0.25) is 9.59 Å². The van der Waals surface area contributed by atoms with Crippen LogP contribution in [-0.4, -0.2) is 35.5 Å². The molecule has 27 heavy (non-hydrogen) atoms. The molecule has 0 saturated carbocycles. The van der Waals surface area contributed by atoms with Crippen LogP contribution >= 0.6 is 0 Å². The Labute approximate surface area is 158 Å². The number of carbonyl (C=O) groups excluding carboxylic acids is 2. The maximum atomic E-state index is 12.1. The third-order valence-corrected chi connectivity index (χ3v) is 4.11. The maximum absolute atomic E-state index is 12.1. The van der Waals surface area contributed by atoms with Crippen molar-refractivity contribution in [3.63, 3.8) is 0 Å². The van der Waals surface area contributed by atoms with Gasteiger partial charge in [-0.2, -0.15) is 0 Å². The topological polar surface area (TPSA) is 95.5 Å². The number of aliphatic carboxylic acids is 1. The lowest BCUT2D eigenvalue weighted by molar-refractivity contribution is -0.141. The normalized spacial score (nSPS) is 11.5. The van der Waals surface area contributed by atoms with E-state index in [-0.39, 0.29) is 25.3 Å². The van der Waals surface area contributed by atoms with E-state index in [1.807, 2.05) is 62.4 Å². The third kappa shape index (κ3) is 6.93. The summed E-state index contributed by atoms with van der Waals surface area (Å²) in [6.45, 7) is 3.74. The van der Waals surface area contributed by atoms with Crippen LogP contribution in [-0.2, 0) is 27.2 Å². The van der Waals surface area contributed by atoms with Gasteiger partial charge in [-0.25, -0.2) is 4.79 Å². The van der Waals surface area contributed by atoms with Crippen molar-refractivity contribution in [3.8, 4) is 0 Å². The molecule has 0 radical (unpaired) electrons. The highest BCUT2D eigenvalue weighted by atomic mass is 16.4. The van der Waals surface area contributed by atoms with Crippen LogP contribution in [0.25, 0.3) is 0 Å². The highest BCUT2D eigenvalue weighted by molar-refractivity contribution is 5.86. The zero-order chi connectivity index (χ0) is 19.8. The lowest BCUT2D eigenvalue weighted by atomic mass is 10.1. The average Bonchev–Trinajstić information content (AvgIpc) is 2.62. The Morgan fingerprint density at radius 2 is 1.26 bits per heavy atom. The zero-order valence-electron chi connectivity index (χ0n) is 15.5. The number of benzene rings is 2. The lowest BCUT2D eigenvalue weighted by Crippen LogP contribution is -2.49. The largest absolute Gasteiger partial charge is 0.480 e. The van der Waals surface area contributed by atoms with Crippen molar-refractivity contribution in [3.05, 3.63) is 70.8 Å². The number of carboxylic acids is 1. The monoisotopic (exact) mass is 368 g/mol. The second kappa shape index (κ2) is 9.52. The molecule has 6 nitrogen and oxygen atoms in total. The van der Waals surface area contributed by atoms with Crippen LogP contribution in [0.1, 0.15) is 22.3 Å². The summed E-state index contributed by atoms with van der Waals surface area (Å²) in [6, 6.07) is 13.8. The standard InChI is InChI=1S/C21H24N2O4/c1-14-3-7-16(8-4-14)11-19(24)22-13-18(21(26)27)23-20(25)12-17-9-5-15(2)6-10-17/h3-10,18H,11-13H2,1-2H3,(H,22,24)(H,23,25)(H,26,27)/t18-/m0/s1. The summed E-state index contributed by atoms with van der Waals surface area (Å²) in [5.74, 6) is -1.89. The molecule has 142 valence electrons. The number of amides is 2. The molecule has 0 aliphatic carbocycles. The Bertz CT molecular complexity index is 798. The van der Waals surface area contributed by atoms with Crippen molar-refractivity contribution >= 4 is 17.8 Å². The van der Waals surface area contributed by atoms with Gasteiger partial charge in [0.1, 0.15) is 6.04 Å². The van der Waals surface area contributed by atoms with Crippen LogP contribution in [0.3, 0.4) is 0 Å². The third-order valence-electron chi connectivity index (χ3n) is 4.11. The lowest BCUT2D eigenvalue weighted by Gasteiger charge is -2.15. The molecule has 2 rings (SSSR count). The molecule has 0 bridgehead atoms. The van der Waals surface area contributed by atoms with Crippen molar-refractivity contribution in [2.45, 2.75) is 32.7 Å². The summed E-state index contributed by atoms with van der Waals surface area (Å²) < 4.78 is 0. The van der Waals surface area contributed by atoms with E-state index in [2.05, 4.69) is 10.6 Å². The van der Waals surface area contributed by atoms with Gasteiger partial charge < -0.3 is 15.7 Å². The minimum atomic E-state index is -1.19. The Hall–Kier alpha value is -3.15. The first kappa shape index (κ1) is 20.2. The highest BCUT2D eigenvalue weighted by Crippen LogP contribution is 2.05. The summed E-state index contributed by atoms with van der Waals surface area (Å²) in [5, 5.41) is 14.3. The number of rotatable bonds is 8. The molecular formula is C21H24N2O4. The second-order valence-electron chi connectivity index (χ2n) is 6.59. The zero-order valence-corrected chi connectivity index (χ0v) is 15.5. The minimum absolute atomic E-state index is 0.0847. The van der Waals surface area contributed by atoms with Gasteiger partial charge in [0.05, 0.1) is 12.8 Å². The smallest absolute Gasteiger partial charge is 0.328 e. The fourth-order valence-electron chi connectivity index (χ4n) is 2.51. The van der Waals surface area contributed by atoms with Gasteiger partial charge in [0.2, 0.25) is 11.8 Å². The summed E-state index contributed by atoms with van der Waals surface area (Å²) >= 11 is 0. The van der Waals surface area contributed by atoms with Gasteiger partial charge in [0.15, 0.2) is 0 Å². The number of aryl methyl sites for hydroxylation is 2. The highest BCUT2D eigenvalue weighted by Gasteiger charge is 2.20. The number of nitrogens with one attached hydrogen (secondary N) is 2. The number of carbonyl (C=O) groups is 3. The van der Waals surface area contributed by atoms with E-state index in [0.717, 1.165) is 22.3 Å². The molecule has 0 heterocycles. The second-order valence-corrected chi connectivity index (χ2v) is 6.59. The van der Waals surface area contributed by atoms with Gasteiger partial charge in [-0.05, 0) is 25.0 Å². The van der Waals surface area contributed by atoms with Gasteiger partial charge in [-0.1, -0.05) is 59.7 Å². The first-order chi connectivity index (χ1) is 12.8. The van der Waals surface area contributed by atoms with E-state index in [1.54, 1.807) is 0 Å². The van der Waals surface area contributed by atoms with E-state index < -0.39 is 17.9 Å². The molecule has 0 aromatic heterocycles. The predicted molar refractivity (Wildman–Crippen MR) is 102 cm³/mol. The van der Waals surface area contributed by atoms with Crippen LogP contribution in [0, 0.1) is 13.8 Å². The van der Waals surface area contributed by atoms with Crippen molar-refractivity contribution in [1.82, 2.24) is 10.6 Å². The molecular weight excluding hydrogens is 344 g/mol. The molecule has 0 aliphatic heterocycles. The molecule has 0 spiro atoms. The van der Waals surface area contributed by atoms with Crippen molar-refractivity contribution < 1.29 is 19.5 Å².